The average Bonchev–Trinajstić information content (AvgIpc) is 3.33. The van der Waals surface area contributed by atoms with Crippen LogP contribution < -0.4 is 4.74 Å². The number of thiazole rings is 1. The standard InChI is InChI=1S/C28H27N3O3S/c1-3-5-18-34-25-16-8-21(9-17-25)19-29-28-30-26(22-10-6-20(4-2)7-11-22)27(35-28)23-12-14-24(15-13-23)31(32)33/h6-17,19H,3-5,18H2,1-2H3. The minimum absolute atomic E-state index is 0.0625. The molecule has 0 aliphatic carbocycles. The Morgan fingerprint density at radius 3 is 2.29 bits per heavy atom. The maximum Gasteiger partial charge on any atom is 0.269 e. The summed E-state index contributed by atoms with van der Waals surface area (Å²) in [7, 11) is 0. The number of aromatic nitrogens is 1. The van der Waals surface area contributed by atoms with E-state index < -0.39 is 4.92 Å². The Hall–Kier alpha value is -3.84. The van der Waals surface area contributed by atoms with Gasteiger partial charge in [0.1, 0.15) is 5.75 Å². The van der Waals surface area contributed by atoms with Gasteiger partial charge < -0.3 is 4.74 Å². The molecule has 0 atom stereocenters. The highest BCUT2D eigenvalue weighted by atomic mass is 32.1. The quantitative estimate of drug-likeness (QED) is 0.0990. The molecule has 1 aromatic heterocycles. The van der Waals surface area contributed by atoms with Gasteiger partial charge in [-0.05, 0) is 65.9 Å². The van der Waals surface area contributed by atoms with E-state index in [1.54, 1.807) is 18.3 Å². The second-order valence-corrected chi connectivity index (χ2v) is 9.04. The molecule has 0 fully saturated rings. The van der Waals surface area contributed by atoms with Crippen LogP contribution in [-0.4, -0.2) is 22.7 Å². The van der Waals surface area contributed by atoms with E-state index in [-0.39, 0.29) is 5.69 Å². The van der Waals surface area contributed by atoms with Crippen LogP contribution in [0.2, 0.25) is 0 Å². The predicted molar refractivity (Wildman–Crippen MR) is 143 cm³/mol. The van der Waals surface area contributed by atoms with Crippen LogP contribution in [0.5, 0.6) is 5.75 Å². The van der Waals surface area contributed by atoms with Crippen LogP contribution in [0.1, 0.15) is 37.8 Å². The van der Waals surface area contributed by atoms with Crippen molar-refractivity contribution in [3.8, 4) is 27.4 Å². The molecule has 1 heterocycles. The molecule has 35 heavy (non-hydrogen) atoms. The van der Waals surface area contributed by atoms with Crippen LogP contribution in [0, 0.1) is 10.1 Å². The molecular weight excluding hydrogens is 458 g/mol. The Morgan fingerprint density at radius 1 is 0.971 bits per heavy atom. The number of nitro groups is 1. The van der Waals surface area contributed by atoms with Gasteiger partial charge in [0.25, 0.3) is 5.69 Å². The van der Waals surface area contributed by atoms with Crippen molar-refractivity contribution < 1.29 is 9.66 Å². The fourth-order valence-electron chi connectivity index (χ4n) is 3.50. The number of aryl methyl sites for hydroxylation is 1. The van der Waals surface area contributed by atoms with Crippen LogP contribution in [0.15, 0.2) is 77.8 Å². The third-order valence-corrected chi connectivity index (χ3v) is 6.58. The minimum Gasteiger partial charge on any atom is -0.494 e. The zero-order chi connectivity index (χ0) is 24.6. The van der Waals surface area contributed by atoms with Crippen LogP contribution in [-0.2, 0) is 6.42 Å². The molecule has 178 valence electrons. The van der Waals surface area contributed by atoms with Crippen molar-refractivity contribution in [1.82, 2.24) is 4.98 Å². The van der Waals surface area contributed by atoms with Crippen LogP contribution in [0.25, 0.3) is 21.7 Å². The van der Waals surface area contributed by atoms with Crippen molar-refractivity contribution in [2.24, 2.45) is 4.99 Å². The maximum atomic E-state index is 11.1. The summed E-state index contributed by atoms with van der Waals surface area (Å²) >= 11 is 1.46. The molecule has 3 aromatic carbocycles. The number of aliphatic imine (C=N–C) groups is 1. The third-order valence-electron chi connectivity index (χ3n) is 5.56. The first kappa shape index (κ1) is 24.3. The van der Waals surface area contributed by atoms with E-state index in [9.17, 15) is 10.1 Å². The van der Waals surface area contributed by atoms with Gasteiger partial charge in [0.05, 0.1) is 22.1 Å². The molecule has 0 amide bonds. The Labute approximate surface area is 209 Å². The topological polar surface area (TPSA) is 77.6 Å². The SMILES string of the molecule is CCCCOc1ccc(C=Nc2nc(-c3ccc(CC)cc3)c(-c3ccc([N+](=O)[O-])cc3)s2)cc1. The Balaban J connectivity index is 1.63. The molecule has 7 heteroatoms. The summed E-state index contributed by atoms with van der Waals surface area (Å²) in [5, 5.41) is 11.7. The lowest BCUT2D eigenvalue weighted by Gasteiger charge is -2.04. The van der Waals surface area contributed by atoms with Gasteiger partial charge in [-0.1, -0.05) is 55.9 Å². The molecule has 0 spiro atoms. The summed E-state index contributed by atoms with van der Waals surface area (Å²) < 4.78 is 5.72. The molecule has 0 saturated carbocycles. The molecule has 0 bridgehead atoms. The number of nitrogens with zero attached hydrogens (tertiary/aromatic N) is 3. The van der Waals surface area contributed by atoms with E-state index in [4.69, 9.17) is 9.72 Å². The number of unbranched alkanes of at least 4 members (excludes halogenated alkanes) is 1. The van der Waals surface area contributed by atoms with E-state index in [0.717, 1.165) is 58.9 Å². The lowest BCUT2D eigenvalue weighted by Crippen LogP contribution is -1.96. The number of hydrogen-bond acceptors (Lipinski definition) is 6. The molecule has 0 aliphatic heterocycles. The first-order valence-corrected chi connectivity index (χ1v) is 12.5. The monoisotopic (exact) mass is 485 g/mol. The second-order valence-electron chi connectivity index (χ2n) is 8.06. The van der Waals surface area contributed by atoms with Gasteiger partial charge in [0.2, 0.25) is 5.13 Å². The van der Waals surface area contributed by atoms with E-state index in [2.05, 4.69) is 43.1 Å². The predicted octanol–water partition coefficient (Wildman–Crippen LogP) is 7.88. The first-order chi connectivity index (χ1) is 17.1. The van der Waals surface area contributed by atoms with Crippen molar-refractivity contribution in [3.63, 3.8) is 0 Å². The lowest BCUT2D eigenvalue weighted by molar-refractivity contribution is -0.384. The molecule has 0 saturated heterocycles. The van der Waals surface area contributed by atoms with Gasteiger partial charge in [-0.2, -0.15) is 0 Å². The van der Waals surface area contributed by atoms with Gasteiger partial charge in [0, 0.05) is 23.9 Å². The largest absolute Gasteiger partial charge is 0.494 e. The number of nitro benzene ring substituents is 1. The summed E-state index contributed by atoms with van der Waals surface area (Å²) in [6.07, 6.45) is 4.89. The van der Waals surface area contributed by atoms with Crippen molar-refractivity contribution in [1.29, 1.82) is 0 Å². The fourth-order valence-corrected chi connectivity index (χ4v) is 4.44. The van der Waals surface area contributed by atoms with E-state index in [1.807, 2.05) is 24.3 Å². The second kappa shape index (κ2) is 11.5. The summed E-state index contributed by atoms with van der Waals surface area (Å²) in [5.41, 5.74) is 4.94. The fraction of sp³-hybridized carbons (Fsp3) is 0.214. The average molecular weight is 486 g/mol. The molecule has 0 radical (unpaired) electrons. The first-order valence-electron chi connectivity index (χ1n) is 11.7. The van der Waals surface area contributed by atoms with Crippen LogP contribution in [0.4, 0.5) is 10.8 Å². The smallest absolute Gasteiger partial charge is 0.269 e. The molecular formula is C28H27N3O3S. The maximum absolute atomic E-state index is 11.1. The highest BCUT2D eigenvalue weighted by molar-refractivity contribution is 7.19. The van der Waals surface area contributed by atoms with Crippen LogP contribution in [0.3, 0.4) is 0 Å². The number of rotatable bonds is 10. The number of benzene rings is 3. The Kier molecular flexibility index (Phi) is 8.00. The number of non-ortho nitro benzene ring substituents is 1. The van der Waals surface area contributed by atoms with E-state index >= 15 is 0 Å². The molecule has 0 N–H and O–H groups in total. The van der Waals surface area contributed by atoms with Gasteiger partial charge in [0.15, 0.2) is 0 Å². The van der Waals surface area contributed by atoms with Gasteiger partial charge in [-0.3, -0.25) is 10.1 Å². The van der Waals surface area contributed by atoms with Gasteiger partial charge >= 0.3 is 0 Å². The van der Waals surface area contributed by atoms with Crippen molar-refractivity contribution in [2.45, 2.75) is 33.1 Å². The summed E-state index contributed by atoms with van der Waals surface area (Å²) in [4.78, 5) is 21.1. The van der Waals surface area contributed by atoms with Crippen LogP contribution >= 0.6 is 11.3 Å². The summed E-state index contributed by atoms with van der Waals surface area (Å²) in [6.45, 7) is 4.98. The highest BCUT2D eigenvalue weighted by Gasteiger charge is 2.16. The Bertz CT molecular complexity index is 1300. The Morgan fingerprint density at radius 2 is 1.66 bits per heavy atom. The minimum atomic E-state index is -0.392. The molecule has 0 unspecified atom stereocenters. The summed E-state index contributed by atoms with van der Waals surface area (Å²) in [5.74, 6) is 0.850. The third kappa shape index (κ3) is 6.19. The number of hydrogen-bond donors (Lipinski definition) is 0. The molecule has 4 rings (SSSR count). The van der Waals surface area contributed by atoms with Crippen molar-refractivity contribution in [3.05, 3.63) is 94.0 Å². The zero-order valence-corrected chi connectivity index (χ0v) is 20.6. The van der Waals surface area contributed by atoms with Crippen molar-refractivity contribution in [2.75, 3.05) is 6.61 Å². The molecule has 4 aromatic rings. The zero-order valence-electron chi connectivity index (χ0n) is 19.8. The van der Waals surface area contributed by atoms with E-state index in [1.165, 1.54) is 29.0 Å². The summed E-state index contributed by atoms with van der Waals surface area (Å²) in [6, 6.07) is 22.7. The van der Waals surface area contributed by atoms with E-state index in [0.29, 0.717) is 5.13 Å². The van der Waals surface area contributed by atoms with Gasteiger partial charge in [-0.15, -0.1) is 0 Å². The molecule has 0 aliphatic rings. The highest BCUT2D eigenvalue weighted by Crippen LogP contribution is 2.40. The molecule has 6 nitrogen and oxygen atoms in total. The normalized spacial score (nSPS) is 11.1. The lowest BCUT2D eigenvalue weighted by atomic mass is 10.0. The van der Waals surface area contributed by atoms with Gasteiger partial charge in [-0.25, -0.2) is 9.98 Å². The van der Waals surface area contributed by atoms with Crippen molar-refractivity contribution >= 4 is 28.4 Å². The number of ether oxygens (including phenoxy) is 1.